The maximum Gasteiger partial charge on any atom is 0.230 e. The van der Waals surface area contributed by atoms with Gasteiger partial charge in [0.25, 0.3) is 0 Å². The van der Waals surface area contributed by atoms with E-state index in [-0.39, 0.29) is 5.91 Å². The maximum atomic E-state index is 12.4. The zero-order chi connectivity index (χ0) is 22.3. The van der Waals surface area contributed by atoms with Crippen molar-refractivity contribution in [2.24, 2.45) is 0 Å². The smallest absolute Gasteiger partial charge is 0.230 e. The first kappa shape index (κ1) is 21.9. The van der Waals surface area contributed by atoms with Gasteiger partial charge in [-0.05, 0) is 42.2 Å². The highest BCUT2D eigenvalue weighted by Gasteiger charge is 2.11. The van der Waals surface area contributed by atoms with Crippen LogP contribution in [-0.2, 0) is 23.6 Å². The Balaban J connectivity index is 1.33. The molecule has 1 amide bonds. The zero-order valence-corrected chi connectivity index (χ0v) is 19.1. The Morgan fingerprint density at radius 3 is 2.62 bits per heavy atom. The van der Waals surface area contributed by atoms with Crippen molar-refractivity contribution in [3.8, 4) is 11.1 Å². The standard InChI is InChI=1S/C25H26N4O2S/c1-18-24(19(2)31-28-18)16-32-17-25(30)26-14-22-6-3-4-7-23(22)21-10-8-20(9-11-21)15-29-13-5-12-27-29/h3-13H,14-17H2,1-2H3,(H,26,30). The van der Waals surface area contributed by atoms with E-state index in [1.165, 1.54) is 5.56 Å². The molecule has 2 aromatic heterocycles. The molecular formula is C25H26N4O2S. The lowest BCUT2D eigenvalue weighted by Crippen LogP contribution is -2.25. The molecular weight excluding hydrogens is 420 g/mol. The van der Waals surface area contributed by atoms with Crippen LogP contribution in [0.5, 0.6) is 0 Å². The summed E-state index contributed by atoms with van der Waals surface area (Å²) in [6.07, 6.45) is 3.74. The van der Waals surface area contributed by atoms with Crippen LogP contribution in [0.1, 0.15) is 28.1 Å². The van der Waals surface area contributed by atoms with Crippen LogP contribution >= 0.6 is 11.8 Å². The molecule has 164 valence electrons. The number of hydrogen-bond acceptors (Lipinski definition) is 5. The van der Waals surface area contributed by atoms with E-state index < -0.39 is 0 Å². The van der Waals surface area contributed by atoms with Gasteiger partial charge in [-0.25, -0.2) is 0 Å². The first-order valence-corrected chi connectivity index (χ1v) is 11.7. The average molecular weight is 447 g/mol. The molecule has 2 aromatic carbocycles. The molecule has 0 aliphatic rings. The lowest BCUT2D eigenvalue weighted by atomic mass is 9.98. The third kappa shape index (κ3) is 5.48. The third-order valence-corrected chi connectivity index (χ3v) is 6.28. The molecule has 0 bridgehead atoms. The van der Waals surface area contributed by atoms with Crippen LogP contribution in [0.4, 0.5) is 0 Å². The molecule has 7 heteroatoms. The molecule has 6 nitrogen and oxygen atoms in total. The molecule has 0 unspecified atom stereocenters. The highest BCUT2D eigenvalue weighted by molar-refractivity contribution is 7.99. The SMILES string of the molecule is Cc1noc(C)c1CSCC(=O)NCc1ccccc1-c1ccc(Cn2cccn2)cc1. The van der Waals surface area contributed by atoms with Gasteiger partial charge in [-0.15, -0.1) is 11.8 Å². The van der Waals surface area contributed by atoms with E-state index in [9.17, 15) is 4.79 Å². The lowest BCUT2D eigenvalue weighted by molar-refractivity contribution is -0.118. The number of aryl methyl sites for hydroxylation is 2. The minimum absolute atomic E-state index is 0.0196. The second kappa shape index (κ2) is 10.3. The molecule has 4 rings (SSSR count). The van der Waals surface area contributed by atoms with Gasteiger partial charge in [-0.1, -0.05) is 53.7 Å². The normalized spacial score (nSPS) is 10.9. The number of rotatable bonds is 9. The fourth-order valence-corrected chi connectivity index (χ4v) is 4.53. The minimum Gasteiger partial charge on any atom is -0.361 e. The van der Waals surface area contributed by atoms with E-state index in [1.807, 2.05) is 42.9 Å². The summed E-state index contributed by atoms with van der Waals surface area (Å²) in [6, 6.07) is 18.6. The Morgan fingerprint density at radius 2 is 1.91 bits per heavy atom. The van der Waals surface area contributed by atoms with Crippen LogP contribution < -0.4 is 5.32 Å². The summed E-state index contributed by atoms with van der Waals surface area (Å²) in [5, 5.41) is 11.3. The number of hydrogen-bond donors (Lipinski definition) is 1. The monoisotopic (exact) mass is 446 g/mol. The molecule has 0 spiro atoms. The van der Waals surface area contributed by atoms with Crippen LogP contribution in [0, 0.1) is 13.8 Å². The van der Waals surface area contributed by atoms with E-state index in [4.69, 9.17) is 4.52 Å². The van der Waals surface area contributed by atoms with E-state index in [1.54, 1.807) is 18.0 Å². The molecule has 2 heterocycles. The molecule has 32 heavy (non-hydrogen) atoms. The molecule has 0 aliphatic heterocycles. The zero-order valence-electron chi connectivity index (χ0n) is 18.2. The highest BCUT2D eigenvalue weighted by Crippen LogP contribution is 2.24. The Bertz CT molecular complexity index is 1150. The molecule has 0 radical (unpaired) electrons. The van der Waals surface area contributed by atoms with Crippen molar-refractivity contribution in [1.82, 2.24) is 20.3 Å². The summed E-state index contributed by atoms with van der Waals surface area (Å²) in [4.78, 5) is 12.4. The Kier molecular flexibility index (Phi) is 7.07. The van der Waals surface area contributed by atoms with Crippen LogP contribution in [-0.4, -0.2) is 26.6 Å². The number of carbonyl (C=O) groups excluding carboxylic acids is 1. The van der Waals surface area contributed by atoms with Gasteiger partial charge >= 0.3 is 0 Å². The number of thioether (sulfide) groups is 1. The summed E-state index contributed by atoms with van der Waals surface area (Å²) >= 11 is 1.57. The second-order valence-electron chi connectivity index (χ2n) is 7.63. The highest BCUT2D eigenvalue weighted by atomic mass is 32.2. The van der Waals surface area contributed by atoms with Gasteiger partial charge in [0.2, 0.25) is 5.91 Å². The number of nitrogens with one attached hydrogen (secondary N) is 1. The van der Waals surface area contributed by atoms with E-state index in [0.29, 0.717) is 12.3 Å². The number of amides is 1. The predicted octanol–water partition coefficient (Wildman–Crippen LogP) is 4.75. The van der Waals surface area contributed by atoms with Crippen molar-refractivity contribution in [3.63, 3.8) is 0 Å². The minimum atomic E-state index is 0.0196. The predicted molar refractivity (Wildman–Crippen MR) is 127 cm³/mol. The number of aromatic nitrogens is 3. The number of nitrogens with zero attached hydrogens (tertiary/aromatic N) is 3. The van der Waals surface area contributed by atoms with Gasteiger partial charge < -0.3 is 9.84 Å². The second-order valence-corrected chi connectivity index (χ2v) is 8.62. The van der Waals surface area contributed by atoms with Crippen molar-refractivity contribution in [2.45, 2.75) is 32.7 Å². The summed E-state index contributed by atoms with van der Waals surface area (Å²) < 4.78 is 7.08. The molecule has 0 saturated heterocycles. The maximum absolute atomic E-state index is 12.4. The molecule has 0 aliphatic carbocycles. The molecule has 0 saturated carbocycles. The van der Waals surface area contributed by atoms with Gasteiger partial charge in [-0.3, -0.25) is 9.48 Å². The fourth-order valence-electron chi connectivity index (χ4n) is 3.53. The fraction of sp³-hybridized carbons (Fsp3) is 0.240. The first-order valence-electron chi connectivity index (χ1n) is 10.5. The van der Waals surface area contributed by atoms with Crippen LogP contribution in [0.3, 0.4) is 0 Å². The molecule has 1 N–H and O–H groups in total. The summed E-state index contributed by atoms with van der Waals surface area (Å²) in [5.74, 6) is 1.95. The van der Waals surface area contributed by atoms with Crippen LogP contribution in [0.25, 0.3) is 11.1 Å². The summed E-state index contributed by atoms with van der Waals surface area (Å²) in [7, 11) is 0. The van der Waals surface area contributed by atoms with Crippen LogP contribution in [0.2, 0.25) is 0 Å². The van der Waals surface area contributed by atoms with Gasteiger partial charge in [0.1, 0.15) is 5.76 Å². The Hall–Kier alpha value is -3.32. The van der Waals surface area contributed by atoms with Crippen LogP contribution in [0.15, 0.2) is 71.5 Å². The van der Waals surface area contributed by atoms with Gasteiger partial charge in [0.15, 0.2) is 0 Å². The van der Waals surface area contributed by atoms with Gasteiger partial charge in [0.05, 0.1) is 18.0 Å². The number of carbonyl (C=O) groups is 1. The molecule has 0 fully saturated rings. The largest absolute Gasteiger partial charge is 0.361 e. The van der Waals surface area contributed by atoms with Crippen molar-refractivity contribution in [2.75, 3.05) is 5.75 Å². The van der Waals surface area contributed by atoms with E-state index in [0.717, 1.165) is 46.0 Å². The first-order chi connectivity index (χ1) is 15.6. The van der Waals surface area contributed by atoms with E-state index in [2.05, 4.69) is 52.0 Å². The van der Waals surface area contributed by atoms with Gasteiger partial charge in [0, 0.05) is 30.3 Å². The summed E-state index contributed by atoms with van der Waals surface area (Å²) in [6.45, 7) is 5.07. The van der Waals surface area contributed by atoms with Gasteiger partial charge in [-0.2, -0.15) is 5.10 Å². The topological polar surface area (TPSA) is 73.0 Å². The Morgan fingerprint density at radius 1 is 1.09 bits per heavy atom. The van der Waals surface area contributed by atoms with Crippen molar-refractivity contribution >= 4 is 17.7 Å². The quantitative estimate of drug-likeness (QED) is 0.402. The lowest BCUT2D eigenvalue weighted by Gasteiger charge is -2.12. The molecule has 4 aromatic rings. The average Bonchev–Trinajstić information content (AvgIpc) is 3.43. The summed E-state index contributed by atoms with van der Waals surface area (Å²) in [5.41, 5.74) is 6.51. The Labute approximate surface area is 192 Å². The van der Waals surface area contributed by atoms with Crippen molar-refractivity contribution < 1.29 is 9.32 Å². The van der Waals surface area contributed by atoms with Crippen molar-refractivity contribution in [3.05, 3.63) is 95.1 Å². The van der Waals surface area contributed by atoms with E-state index >= 15 is 0 Å². The molecule has 0 atom stereocenters. The number of benzene rings is 2. The third-order valence-electron chi connectivity index (χ3n) is 5.32. The van der Waals surface area contributed by atoms with Crippen molar-refractivity contribution in [1.29, 1.82) is 0 Å².